The van der Waals surface area contributed by atoms with Crippen molar-refractivity contribution >= 4 is 17.7 Å². The van der Waals surface area contributed by atoms with Gasteiger partial charge in [0, 0.05) is 6.20 Å². The number of hydrazine groups is 1. The molecule has 2 aromatic heterocycles. The number of nitrogens with zero attached hydrogens (tertiary/aromatic N) is 3. The monoisotopic (exact) mass is 209 g/mol. The summed E-state index contributed by atoms with van der Waals surface area (Å²) in [5.74, 6) is 5.53. The fourth-order valence-electron chi connectivity index (χ4n) is 0.819. The summed E-state index contributed by atoms with van der Waals surface area (Å²) in [6.07, 6.45) is 4.69. The molecule has 3 N–H and O–H groups in total. The summed E-state index contributed by atoms with van der Waals surface area (Å²) in [4.78, 5) is 11.9. The summed E-state index contributed by atoms with van der Waals surface area (Å²) in [6.45, 7) is 0. The third kappa shape index (κ3) is 2.01. The van der Waals surface area contributed by atoms with Gasteiger partial charge < -0.3 is 4.42 Å². The van der Waals surface area contributed by atoms with E-state index < -0.39 is 0 Å². The van der Waals surface area contributed by atoms with E-state index >= 15 is 0 Å². The summed E-state index contributed by atoms with van der Waals surface area (Å²) in [6, 6.07) is 1.75. The number of hydrogen-bond donors (Lipinski definition) is 2. The third-order valence-corrected chi connectivity index (χ3v) is 2.17. The number of nitrogens with one attached hydrogen (secondary N) is 1. The molecule has 0 bridgehead atoms. The quantitative estimate of drug-likeness (QED) is 0.441. The van der Waals surface area contributed by atoms with E-state index in [-0.39, 0.29) is 0 Å². The van der Waals surface area contributed by atoms with Crippen LogP contribution in [0.2, 0.25) is 0 Å². The van der Waals surface area contributed by atoms with E-state index in [1.807, 2.05) is 0 Å². The molecule has 0 saturated carbocycles. The van der Waals surface area contributed by atoms with E-state index in [0.717, 1.165) is 5.03 Å². The molecule has 0 radical (unpaired) electrons. The summed E-state index contributed by atoms with van der Waals surface area (Å²) < 4.78 is 5.05. The molecule has 0 aromatic carbocycles. The molecule has 0 fully saturated rings. The molecule has 72 valence electrons. The average molecular weight is 209 g/mol. The fraction of sp³-hybridized carbons (Fsp3) is 0. The maximum absolute atomic E-state index is 5.17. The molecule has 0 amide bonds. The van der Waals surface area contributed by atoms with E-state index in [1.165, 1.54) is 18.0 Å². The molecule has 0 atom stereocenters. The third-order valence-electron chi connectivity index (χ3n) is 1.36. The van der Waals surface area contributed by atoms with Gasteiger partial charge in [0.1, 0.15) is 11.3 Å². The van der Waals surface area contributed by atoms with Crippen LogP contribution in [-0.2, 0) is 0 Å². The van der Waals surface area contributed by atoms with Crippen LogP contribution in [0.25, 0.3) is 0 Å². The lowest BCUT2D eigenvalue weighted by atomic mass is 10.7. The van der Waals surface area contributed by atoms with Gasteiger partial charge in [0.05, 0.1) is 6.20 Å². The molecular formula is C7H7N5OS. The van der Waals surface area contributed by atoms with Crippen molar-refractivity contribution in [3.8, 4) is 0 Å². The zero-order valence-corrected chi connectivity index (χ0v) is 7.86. The molecule has 0 saturated heterocycles. The first kappa shape index (κ1) is 8.97. The SMILES string of the molecule is NNc1nccc(Sc2ncco2)n1. The van der Waals surface area contributed by atoms with Gasteiger partial charge in [-0.3, -0.25) is 5.43 Å². The van der Waals surface area contributed by atoms with Crippen molar-refractivity contribution in [2.45, 2.75) is 10.2 Å². The van der Waals surface area contributed by atoms with Crippen molar-refractivity contribution in [2.24, 2.45) is 5.84 Å². The lowest BCUT2D eigenvalue weighted by Crippen LogP contribution is -2.10. The van der Waals surface area contributed by atoms with Gasteiger partial charge in [-0.15, -0.1) is 0 Å². The first-order valence-corrected chi connectivity index (χ1v) is 4.57. The highest BCUT2D eigenvalue weighted by Crippen LogP contribution is 2.23. The van der Waals surface area contributed by atoms with E-state index in [9.17, 15) is 0 Å². The second kappa shape index (κ2) is 4.07. The minimum Gasteiger partial charge on any atom is -0.440 e. The zero-order chi connectivity index (χ0) is 9.80. The van der Waals surface area contributed by atoms with Crippen LogP contribution in [0.4, 0.5) is 5.95 Å². The van der Waals surface area contributed by atoms with Crippen LogP contribution in [0.15, 0.2) is 39.4 Å². The fourth-order valence-corrected chi connectivity index (χ4v) is 1.48. The van der Waals surface area contributed by atoms with Gasteiger partial charge in [0.2, 0.25) is 5.95 Å². The molecule has 0 aliphatic heterocycles. The minimum absolute atomic E-state index is 0.363. The Balaban J connectivity index is 2.17. The summed E-state index contributed by atoms with van der Waals surface area (Å²) in [5, 5.41) is 1.25. The molecule has 14 heavy (non-hydrogen) atoms. The van der Waals surface area contributed by atoms with Crippen LogP contribution in [-0.4, -0.2) is 15.0 Å². The van der Waals surface area contributed by atoms with E-state index in [1.54, 1.807) is 18.5 Å². The summed E-state index contributed by atoms with van der Waals surface area (Å²) in [7, 11) is 0. The standard InChI is InChI=1S/C7H7N5OS/c8-12-6-9-2-1-5(11-6)14-7-10-3-4-13-7/h1-4H,8H2,(H,9,11,12). The van der Waals surface area contributed by atoms with Gasteiger partial charge in [-0.25, -0.2) is 20.8 Å². The number of aromatic nitrogens is 3. The Labute approximate surface area is 83.9 Å². The summed E-state index contributed by atoms with van der Waals surface area (Å²) >= 11 is 1.30. The Bertz CT molecular complexity index is 404. The molecule has 6 nitrogen and oxygen atoms in total. The van der Waals surface area contributed by atoms with Crippen molar-refractivity contribution in [3.05, 3.63) is 24.7 Å². The zero-order valence-electron chi connectivity index (χ0n) is 7.04. The van der Waals surface area contributed by atoms with Crippen LogP contribution in [0.3, 0.4) is 0 Å². The lowest BCUT2D eigenvalue weighted by Gasteiger charge is -1.99. The van der Waals surface area contributed by atoms with E-state index in [2.05, 4.69) is 20.4 Å². The molecule has 0 aliphatic rings. The smallest absolute Gasteiger partial charge is 0.261 e. The number of oxazole rings is 1. The molecule has 2 heterocycles. The molecule has 2 rings (SSSR count). The molecule has 7 heteroatoms. The highest BCUT2D eigenvalue weighted by molar-refractivity contribution is 7.99. The van der Waals surface area contributed by atoms with Crippen LogP contribution >= 0.6 is 11.8 Å². The Kier molecular flexibility index (Phi) is 2.61. The number of rotatable bonds is 3. The molecular weight excluding hydrogens is 202 g/mol. The number of hydrogen-bond acceptors (Lipinski definition) is 7. The normalized spacial score (nSPS) is 10.1. The molecule has 0 unspecified atom stereocenters. The predicted molar refractivity (Wildman–Crippen MR) is 50.5 cm³/mol. The Morgan fingerprint density at radius 3 is 3.00 bits per heavy atom. The average Bonchev–Trinajstić information content (AvgIpc) is 2.71. The number of nitrogens with two attached hydrogens (primary N) is 1. The Morgan fingerprint density at radius 1 is 1.36 bits per heavy atom. The van der Waals surface area contributed by atoms with Gasteiger partial charge in [-0.2, -0.15) is 0 Å². The van der Waals surface area contributed by atoms with Crippen LogP contribution in [0, 0.1) is 0 Å². The van der Waals surface area contributed by atoms with Gasteiger partial charge >= 0.3 is 0 Å². The first-order chi connectivity index (χ1) is 6.88. The van der Waals surface area contributed by atoms with Crippen LogP contribution < -0.4 is 11.3 Å². The maximum Gasteiger partial charge on any atom is 0.261 e. The van der Waals surface area contributed by atoms with E-state index in [0.29, 0.717) is 11.2 Å². The second-order valence-corrected chi connectivity index (χ2v) is 3.23. The van der Waals surface area contributed by atoms with Crippen molar-refractivity contribution in [2.75, 3.05) is 5.43 Å². The molecule has 2 aromatic rings. The lowest BCUT2D eigenvalue weighted by molar-refractivity contribution is 0.454. The van der Waals surface area contributed by atoms with Gasteiger partial charge in [0.25, 0.3) is 5.22 Å². The van der Waals surface area contributed by atoms with Crippen molar-refractivity contribution < 1.29 is 4.42 Å². The second-order valence-electron chi connectivity index (χ2n) is 2.26. The van der Waals surface area contributed by atoms with Crippen molar-refractivity contribution in [1.29, 1.82) is 0 Å². The highest BCUT2D eigenvalue weighted by atomic mass is 32.2. The van der Waals surface area contributed by atoms with E-state index in [4.69, 9.17) is 10.3 Å². The Hall–Kier alpha value is -1.60. The first-order valence-electron chi connectivity index (χ1n) is 3.75. The van der Waals surface area contributed by atoms with Crippen LogP contribution in [0.5, 0.6) is 0 Å². The topological polar surface area (TPSA) is 89.9 Å². The summed E-state index contributed by atoms with van der Waals surface area (Å²) in [5.41, 5.74) is 2.36. The molecule has 0 aliphatic carbocycles. The van der Waals surface area contributed by atoms with Gasteiger partial charge in [-0.05, 0) is 17.8 Å². The largest absolute Gasteiger partial charge is 0.440 e. The van der Waals surface area contributed by atoms with Crippen LogP contribution in [0.1, 0.15) is 0 Å². The minimum atomic E-state index is 0.363. The van der Waals surface area contributed by atoms with Gasteiger partial charge in [-0.1, -0.05) is 0 Å². The number of anilines is 1. The highest BCUT2D eigenvalue weighted by Gasteiger charge is 2.03. The van der Waals surface area contributed by atoms with Crippen molar-refractivity contribution in [3.63, 3.8) is 0 Å². The van der Waals surface area contributed by atoms with Gasteiger partial charge in [0.15, 0.2) is 0 Å². The maximum atomic E-state index is 5.17. The Morgan fingerprint density at radius 2 is 2.29 bits per heavy atom. The number of nitrogen functional groups attached to an aromatic ring is 1. The predicted octanol–water partition coefficient (Wildman–Crippen LogP) is 0.901. The molecule has 0 spiro atoms. The van der Waals surface area contributed by atoms with Crippen molar-refractivity contribution in [1.82, 2.24) is 15.0 Å².